The third-order valence-electron chi connectivity index (χ3n) is 5.04. The summed E-state index contributed by atoms with van der Waals surface area (Å²) in [5, 5.41) is 0. The van der Waals surface area contributed by atoms with Gasteiger partial charge in [-0.3, -0.25) is 9.59 Å². The Morgan fingerprint density at radius 2 is 1.91 bits per heavy atom. The van der Waals surface area contributed by atoms with E-state index in [0.29, 0.717) is 13.0 Å². The van der Waals surface area contributed by atoms with Crippen molar-refractivity contribution in [3.8, 4) is 0 Å². The SMILES string of the molecule is CN1CC[C@@H](C(=O)N2CC(C)(C)[C@H]2c2ccccc2)CC1=O. The lowest BCUT2D eigenvalue weighted by Crippen LogP contribution is -2.60. The number of carbonyl (C=O) groups is 2. The molecule has 0 radical (unpaired) electrons. The predicted molar refractivity (Wildman–Crippen MR) is 85.0 cm³/mol. The molecule has 2 heterocycles. The average molecular weight is 300 g/mol. The van der Waals surface area contributed by atoms with Gasteiger partial charge < -0.3 is 9.80 Å². The van der Waals surface area contributed by atoms with Crippen molar-refractivity contribution >= 4 is 11.8 Å². The summed E-state index contributed by atoms with van der Waals surface area (Å²) in [5.74, 6) is 0.0845. The van der Waals surface area contributed by atoms with Crippen LogP contribution in [0.15, 0.2) is 30.3 Å². The number of hydrogen-bond donors (Lipinski definition) is 0. The van der Waals surface area contributed by atoms with Crippen molar-refractivity contribution < 1.29 is 9.59 Å². The first kappa shape index (κ1) is 15.1. The molecule has 0 spiro atoms. The summed E-state index contributed by atoms with van der Waals surface area (Å²) in [5.41, 5.74) is 1.28. The van der Waals surface area contributed by atoms with Crippen molar-refractivity contribution in [2.75, 3.05) is 20.1 Å². The van der Waals surface area contributed by atoms with Crippen molar-refractivity contribution in [3.63, 3.8) is 0 Å². The minimum Gasteiger partial charge on any atom is -0.346 e. The molecule has 0 unspecified atom stereocenters. The molecule has 22 heavy (non-hydrogen) atoms. The zero-order valence-electron chi connectivity index (χ0n) is 13.6. The van der Waals surface area contributed by atoms with Crippen molar-refractivity contribution in [3.05, 3.63) is 35.9 Å². The Morgan fingerprint density at radius 3 is 2.50 bits per heavy atom. The van der Waals surface area contributed by atoms with Gasteiger partial charge in [-0.05, 0) is 12.0 Å². The summed E-state index contributed by atoms with van der Waals surface area (Å²) < 4.78 is 0. The fraction of sp³-hybridized carbons (Fsp3) is 0.556. The van der Waals surface area contributed by atoms with Gasteiger partial charge in [-0.1, -0.05) is 44.2 Å². The molecule has 0 bridgehead atoms. The van der Waals surface area contributed by atoms with Gasteiger partial charge in [-0.15, -0.1) is 0 Å². The molecule has 1 aromatic rings. The van der Waals surface area contributed by atoms with Crippen LogP contribution in [0.5, 0.6) is 0 Å². The summed E-state index contributed by atoms with van der Waals surface area (Å²) in [6.07, 6.45) is 1.13. The van der Waals surface area contributed by atoms with E-state index >= 15 is 0 Å². The van der Waals surface area contributed by atoms with Gasteiger partial charge in [-0.25, -0.2) is 0 Å². The average Bonchev–Trinajstić information content (AvgIpc) is 2.48. The topological polar surface area (TPSA) is 40.6 Å². The first-order chi connectivity index (χ1) is 10.4. The Labute approximate surface area is 132 Å². The molecule has 1 aromatic carbocycles. The van der Waals surface area contributed by atoms with Crippen LogP contribution in [0, 0.1) is 11.3 Å². The molecule has 2 aliphatic heterocycles. The third kappa shape index (κ3) is 2.51. The predicted octanol–water partition coefficient (Wildman–Crippen LogP) is 2.46. The fourth-order valence-electron chi connectivity index (χ4n) is 3.79. The van der Waals surface area contributed by atoms with Gasteiger partial charge >= 0.3 is 0 Å². The Bertz CT molecular complexity index is 582. The standard InChI is InChI=1S/C18H24N2O2/c1-18(2)12-20(16(18)13-7-5-4-6-8-13)17(22)14-9-10-19(3)15(21)11-14/h4-8,14,16H,9-12H2,1-3H3/t14-,16-/m1/s1. The Morgan fingerprint density at radius 1 is 1.23 bits per heavy atom. The largest absolute Gasteiger partial charge is 0.346 e. The van der Waals surface area contributed by atoms with Gasteiger partial charge in [0.2, 0.25) is 11.8 Å². The van der Waals surface area contributed by atoms with Crippen LogP contribution in [-0.4, -0.2) is 41.8 Å². The number of piperidine rings is 1. The quantitative estimate of drug-likeness (QED) is 0.842. The summed E-state index contributed by atoms with van der Waals surface area (Å²) >= 11 is 0. The van der Waals surface area contributed by atoms with E-state index in [2.05, 4.69) is 26.0 Å². The number of amides is 2. The minimum absolute atomic E-state index is 0.0839. The number of nitrogens with zero attached hydrogens (tertiary/aromatic N) is 2. The van der Waals surface area contributed by atoms with E-state index in [-0.39, 0.29) is 29.2 Å². The highest BCUT2D eigenvalue weighted by Crippen LogP contribution is 2.49. The lowest BCUT2D eigenvalue weighted by Gasteiger charge is -2.55. The van der Waals surface area contributed by atoms with Crippen LogP contribution in [0.3, 0.4) is 0 Å². The number of likely N-dealkylation sites (tertiary alicyclic amines) is 2. The van der Waals surface area contributed by atoms with Gasteiger partial charge in [-0.2, -0.15) is 0 Å². The van der Waals surface area contributed by atoms with Crippen molar-refractivity contribution in [1.82, 2.24) is 9.80 Å². The first-order valence-corrected chi connectivity index (χ1v) is 7.99. The van der Waals surface area contributed by atoms with E-state index in [1.807, 2.05) is 30.1 Å². The van der Waals surface area contributed by atoms with Crippen LogP contribution >= 0.6 is 0 Å². The summed E-state index contributed by atoms with van der Waals surface area (Å²) in [6, 6.07) is 10.3. The molecular formula is C18H24N2O2. The summed E-state index contributed by atoms with van der Waals surface area (Å²) in [7, 11) is 1.81. The molecule has 0 saturated carbocycles. The van der Waals surface area contributed by atoms with Crippen molar-refractivity contribution in [2.45, 2.75) is 32.7 Å². The van der Waals surface area contributed by atoms with Crippen LogP contribution in [0.1, 0.15) is 38.3 Å². The smallest absolute Gasteiger partial charge is 0.226 e. The maximum Gasteiger partial charge on any atom is 0.226 e. The lowest BCUT2D eigenvalue weighted by molar-refractivity contribution is -0.160. The molecular weight excluding hydrogens is 276 g/mol. The van der Waals surface area contributed by atoms with Crippen LogP contribution in [-0.2, 0) is 9.59 Å². The molecule has 2 saturated heterocycles. The second kappa shape index (κ2) is 5.41. The van der Waals surface area contributed by atoms with E-state index in [1.165, 1.54) is 5.56 Å². The van der Waals surface area contributed by atoms with Crippen molar-refractivity contribution in [1.29, 1.82) is 0 Å². The normalized spacial score (nSPS) is 27.5. The van der Waals surface area contributed by atoms with Crippen molar-refractivity contribution in [2.24, 2.45) is 11.3 Å². The monoisotopic (exact) mass is 300 g/mol. The molecule has 4 heteroatoms. The Hall–Kier alpha value is -1.84. The molecule has 118 valence electrons. The van der Waals surface area contributed by atoms with Crippen LogP contribution in [0.4, 0.5) is 0 Å². The highest BCUT2D eigenvalue weighted by Gasteiger charge is 2.50. The number of rotatable bonds is 2. The molecule has 2 amide bonds. The number of carbonyl (C=O) groups excluding carboxylic acids is 2. The number of hydrogen-bond acceptors (Lipinski definition) is 2. The van der Waals surface area contributed by atoms with Gasteiger partial charge in [0.15, 0.2) is 0 Å². The van der Waals surface area contributed by atoms with Crippen LogP contribution in [0.25, 0.3) is 0 Å². The highest BCUT2D eigenvalue weighted by molar-refractivity contribution is 5.87. The van der Waals surface area contributed by atoms with Gasteiger partial charge in [0.25, 0.3) is 0 Å². The molecule has 0 aliphatic carbocycles. The van der Waals surface area contributed by atoms with E-state index in [4.69, 9.17) is 0 Å². The molecule has 2 atom stereocenters. The molecule has 3 rings (SSSR count). The first-order valence-electron chi connectivity index (χ1n) is 7.99. The molecule has 0 N–H and O–H groups in total. The zero-order chi connectivity index (χ0) is 15.9. The molecule has 2 fully saturated rings. The maximum atomic E-state index is 12.9. The summed E-state index contributed by atoms with van der Waals surface area (Å²) in [6.45, 7) is 5.86. The van der Waals surface area contributed by atoms with Gasteiger partial charge in [0, 0.05) is 37.9 Å². The maximum absolute atomic E-state index is 12.9. The van der Waals surface area contributed by atoms with E-state index in [0.717, 1.165) is 13.0 Å². The second-order valence-corrected chi connectivity index (χ2v) is 7.27. The lowest BCUT2D eigenvalue weighted by atomic mass is 9.71. The second-order valence-electron chi connectivity index (χ2n) is 7.27. The van der Waals surface area contributed by atoms with E-state index < -0.39 is 0 Å². The van der Waals surface area contributed by atoms with E-state index in [1.54, 1.807) is 4.90 Å². The minimum atomic E-state index is -0.147. The summed E-state index contributed by atoms with van der Waals surface area (Å²) in [4.78, 5) is 28.4. The Balaban J connectivity index is 1.77. The molecule has 4 nitrogen and oxygen atoms in total. The van der Waals surface area contributed by atoms with Crippen LogP contribution < -0.4 is 0 Å². The highest BCUT2D eigenvalue weighted by atomic mass is 16.2. The Kier molecular flexibility index (Phi) is 3.71. The van der Waals surface area contributed by atoms with Gasteiger partial charge in [0.1, 0.15) is 0 Å². The zero-order valence-corrected chi connectivity index (χ0v) is 13.6. The van der Waals surface area contributed by atoms with Crippen LogP contribution in [0.2, 0.25) is 0 Å². The number of benzene rings is 1. The third-order valence-corrected chi connectivity index (χ3v) is 5.04. The van der Waals surface area contributed by atoms with Gasteiger partial charge in [0.05, 0.1) is 6.04 Å². The molecule has 0 aromatic heterocycles. The van der Waals surface area contributed by atoms with E-state index in [9.17, 15) is 9.59 Å². The fourth-order valence-corrected chi connectivity index (χ4v) is 3.79. The molecule has 2 aliphatic rings.